The van der Waals surface area contributed by atoms with Crippen molar-refractivity contribution in [2.75, 3.05) is 7.05 Å². The number of aryl methyl sites for hydroxylation is 1. The van der Waals surface area contributed by atoms with Gasteiger partial charge in [-0.05, 0) is 25.8 Å². The van der Waals surface area contributed by atoms with Gasteiger partial charge in [0.1, 0.15) is 0 Å². The third-order valence-corrected chi connectivity index (χ3v) is 3.60. The molecule has 15 heavy (non-hydrogen) atoms. The van der Waals surface area contributed by atoms with E-state index in [0.29, 0.717) is 6.04 Å². The first-order valence-electron chi connectivity index (χ1n) is 5.96. The zero-order valence-electron chi connectivity index (χ0n) is 9.74. The van der Waals surface area contributed by atoms with Crippen LogP contribution >= 0.6 is 0 Å². The van der Waals surface area contributed by atoms with Crippen LogP contribution < -0.4 is 5.32 Å². The van der Waals surface area contributed by atoms with Crippen LogP contribution in [0.25, 0.3) is 0 Å². The highest BCUT2D eigenvalue weighted by Gasteiger charge is 2.25. The SMILES string of the molecule is CNC(c1cncn1C)C1CCCCC1. The highest BCUT2D eigenvalue weighted by Crippen LogP contribution is 2.33. The summed E-state index contributed by atoms with van der Waals surface area (Å²) in [6.07, 6.45) is 10.8. The molecule has 2 rings (SSSR count). The minimum Gasteiger partial charge on any atom is -0.336 e. The van der Waals surface area contributed by atoms with Crippen molar-refractivity contribution in [3.05, 3.63) is 18.2 Å². The fraction of sp³-hybridized carbons (Fsp3) is 0.750. The van der Waals surface area contributed by atoms with Crippen molar-refractivity contribution in [3.63, 3.8) is 0 Å². The predicted molar refractivity (Wildman–Crippen MR) is 61.6 cm³/mol. The first-order valence-corrected chi connectivity index (χ1v) is 5.96. The van der Waals surface area contributed by atoms with E-state index in [9.17, 15) is 0 Å². The Labute approximate surface area is 91.9 Å². The summed E-state index contributed by atoms with van der Waals surface area (Å²) >= 11 is 0. The molecule has 84 valence electrons. The topological polar surface area (TPSA) is 29.9 Å². The van der Waals surface area contributed by atoms with Crippen LogP contribution in [0.2, 0.25) is 0 Å². The number of hydrogen-bond acceptors (Lipinski definition) is 2. The lowest BCUT2D eigenvalue weighted by Crippen LogP contribution is -2.28. The number of aromatic nitrogens is 2. The molecule has 1 aliphatic rings. The zero-order valence-corrected chi connectivity index (χ0v) is 9.74. The number of nitrogens with zero attached hydrogens (tertiary/aromatic N) is 2. The quantitative estimate of drug-likeness (QED) is 0.824. The maximum absolute atomic E-state index is 4.21. The van der Waals surface area contributed by atoms with Gasteiger partial charge in [0.25, 0.3) is 0 Å². The molecule has 1 heterocycles. The number of hydrogen-bond donors (Lipinski definition) is 1. The lowest BCUT2D eigenvalue weighted by atomic mass is 9.83. The van der Waals surface area contributed by atoms with Gasteiger partial charge in [-0.15, -0.1) is 0 Å². The molecule has 1 aromatic heterocycles. The fourth-order valence-electron chi connectivity index (χ4n) is 2.76. The minimum absolute atomic E-state index is 0.484. The molecular weight excluding hydrogens is 186 g/mol. The number of rotatable bonds is 3. The van der Waals surface area contributed by atoms with Crippen LogP contribution in [-0.2, 0) is 7.05 Å². The van der Waals surface area contributed by atoms with Gasteiger partial charge in [-0.25, -0.2) is 4.98 Å². The largest absolute Gasteiger partial charge is 0.336 e. The van der Waals surface area contributed by atoms with Gasteiger partial charge in [0, 0.05) is 13.2 Å². The van der Waals surface area contributed by atoms with Gasteiger partial charge in [-0.2, -0.15) is 0 Å². The standard InChI is InChI=1S/C12H21N3/c1-13-12(10-6-4-3-5-7-10)11-8-14-9-15(11)2/h8-10,12-13H,3-7H2,1-2H3. The Morgan fingerprint density at radius 3 is 2.67 bits per heavy atom. The van der Waals surface area contributed by atoms with Crippen LogP contribution in [0, 0.1) is 5.92 Å². The Kier molecular flexibility index (Phi) is 3.41. The zero-order chi connectivity index (χ0) is 10.7. The Morgan fingerprint density at radius 1 is 1.40 bits per heavy atom. The molecule has 1 aromatic rings. The van der Waals surface area contributed by atoms with E-state index in [0.717, 1.165) is 5.92 Å². The van der Waals surface area contributed by atoms with Crippen molar-refractivity contribution in [1.82, 2.24) is 14.9 Å². The van der Waals surface area contributed by atoms with E-state index < -0.39 is 0 Å². The summed E-state index contributed by atoms with van der Waals surface area (Å²) in [5.74, 6) is 0.791. The maximum Gasteiger partial charge on any atom is 0.0946 e. The average molecular weight is 207 g/mol. The van der Waals surface area contributed by atoms with Gasteiger partial charge in [0.2, 0.25) is 0 Å². The van der Waals surface area contributed by atoms with E-state index in [1.54, 1.807) is 0 Å². The minimum atomic E-state index is 0.484. The molecule has 3 heteroatoms. The molecular formula is C12H21N3. The van der Waals surface area contributed by atoms with Gasteiger partial charge in [-0.3, -0.25) is 0 Å². The Bertz CT molecular complexity index is 300. The molecule has 3 nitrogen and oxygen atoms in total. The van der Waals surface area contributed by atoms with Crippen molar-refractivity contribution >= 4 is 0 Å². The number of nitrogens with one attached hydrogen (secondary N) is 1. The van der Waals surface area contributed by atoms with Crippen molar-refractivity contribution in [2.45, 2.75) is 38.1 Å². The lowest BCUT2D eigenvalue weighted by molar-refractivity contribution is 0.274. The summed E-state index contributed by atoms with van der Waals surface area (Å²) in [5, 5.41) is 3.45. The molecule has 0 radical (unpaired) electrons. The predicted octanol–water partition coefficient (Wildman–Crippen LogP) is 2.26. The molecule has 1 unspecified atom stereocenters. The van der Waals surface area contributed by atoms with Crippen molar-refractivity contribution < 1.29 is 0 Å². The monoisotopic (exact) mass is 207 g/mol. The van der Waals surface area contributed by atoms with Gasteiger partial charge in [0.15, 0.2) is 0 Å². The molecule has 1 N–H and O–H groups in total. The lowest BCUT2D eigenvalue weighted by Gasteiger charge is -2.30. The van der Waals surface area contributed by atoms with E-state index >= 15 is 0 Å². The Hall–Kier alpha value is -0.830. The smallest absolute Gasteiger partial charge is 0.0946 e. The van der Waals surface area contributed by atoms with Gasteiger partial charge < -0.3 is 9.88 Å². The van der Waals surface area contributed by atoms with Gasteiger partial charge >= 0.3 is 0 Å². The average Bonchev–Trinajstić information content (AvgIpc) is 2.68. The normalized spacial score (nSPS) is 20.4. The molecule has 1 fully saturated rings. The van der Waals surface area contributed by atoms with E-state index in [1.807, 2.05) is 12.5 Å². The van der Waals surface area contributed by atoms with Crippen LogP contribution in [0.3, 0.4) is 0 Å². The van der Waals surface area contributed by atoms with E-state index in [1.165, 1.54) is 37.8 Å². The van der Waals surface area contributed by atoms with E-state index in [4.69, 9.17) is 0 Å². The van der Waals surface area contributed by atoms with Crippen LogP contribution in [0.1, 0.15) is 43.8 Å². The van der Waals surface area contributed by atoms with Crippen molar-refractivity contribution in [1.29, 1.82) is 0 Å². The van der Waals surface area contributed by atoms with Crippen LogP contribution in [0.15, 0.2) is 12.5 Å². The summed E-state index contributed by atoms with van der Waals surface area (Å²) in [4.78, 5) is 4.21. The van der Waals surface area contributed by atoms with Gasteiger partial charge in [0.05, 0.1) is 18.1 Å². The fourth-order valence-corrected chi connectivity index (χ4v) is 2.76. The molecule has 1 atom stereocenters. The number of imidazole rings is 1. The first kappa shape index (κ1) is 10.7. The summed E-state index contributed by atoms with van der Waals surface area (Å²) < 4.78 is 2.13. The third-order valence-electron chi connectivity index (χ3n) is 3.60. The summed E-state index contributed by atoms with van der Waals surface area (Å²) in [6.45, 7) is 0. The van der Waals surface area contributed by atoms with Crippen LogP contribution in [0.5, 0.6) is 0 Å². The molecule has 1 saturated carbocycles. The second-order valence-electron chi connectivity index (χ2n) is 4.59. The molecule has 0 bridgehead atoms. The molecule has 0 aromatic carbocycles. The Morgan fingerprint density at radius 2 is 2.13 bits per heavy atom. The highest BCUT2D eigenvalue weighted by molar-refractivity contribution is 5.06. The van der Waals surface area contributed by atoms with Crippen LogP contribution in [0.4, 0.5) is 0 Å². The maximum atomic E-state index is 4.21. The highest BCUT2D eigenvalue weighted by atomic mass is 15.1. The molecule has 0 aliphatic heterocycles. The molecule has 0 saturated heterocycles. The van der Waals surface area contributed by atoms with Crippen molar-refractivity contribution in [2.24, 2.45) is 13.0 Å². The first-order chi connectivity index (χ1) is 7.33. The third kappa shape index (κ3) is 2.23. The summed E-state index contributed by atoms with van der Waals surface area (Å²) in [6, 6.07) is 0.484. The second kappa shape index (κ2) is 4.79. The molecule has 0 spiro atoms. The van der Waals surface area contributed by atoms with E-state index in [2.05, 4.69) is 29.0 Å². The van der Waals surface area contributed by atoms with Gasteiger partial charge in [-0.1, -0.05) is 19.3 Å². The van der Waals surface area contributed by atoms with Crippen LogP contribution in [-0.4, -0.2) is 16.6 Å². The second-order valence-corrected chi connectivity index (χ2v) is 4.59. The summed E-state index contributed by atoms with van der Waals surface area (Å²) in [5.41, 5.74) is 1.32. The summed E-state index contributed by atoms with van der Waals surface area (Å²) in [7, 11) is 4.14. The molecule has 1 aliphatic carbocycles. The Balaban J connectivity index is 2.12. The van der Waals surface area contributed by atoms with Crippen molar-refractivity contribution in [3.8, 4) is 0 Å². The van der Waals surface area contributed by atoms with E-state index in [-0.39, 0.29) is 0 Å². The molecule has 0 amide bonds.